The summed E-state index contributed by atoms with van der Waals surface area (Å²) in [6.07, 6.45) is 0.986. The molecule has 1 heterocycles. The standard InChI is InChI=1S/C28H28N4O6S/c1-4-38-28(35)19-10-15-22-23(16-19)31-27(34)25(22)26(18-8-6-5-7-9-18)30-20-11-13-21(14-12-20)32(2)24(33)17-29-39(3,36)37/h5-16,25,29H,4,17H2,1-3H3,(H,31,34). The monoisotopic (exact) mass is 548 g/mol. The number of aliphatic imine (C=N–C) groups is 1. The van der Waals surface area contributed by atoms with Gasteiger partial charge in [-0.1, -0.05) is 36.4 Å². The van der Waals surface area contributed by atoms with E-state index in [1.54, 1.807) is 56.4 Å². The number of hydrogen-bond donors (Lipinski definition) is 2. The summed E-state index contributed by atoms with van der Waals surface area (Å²) in [5, 5.41) is 2.86. The molecule has 2 N–H and O–H groups in total. The van der Waals surface area contributed by atoms with Gasteiger partial charge in [0.05, 0.1) is 36.4 Å². The average Bonchev–Trinajstić information content (AvgIpc) is 3.25. The van der Waals surface area contributed by atoms with Crippen molar-refractivity contribution in [2.24, 2.45) is 4.99 Å². The van der Waals surface area contributed by atoms with Crippen LogP contribution in [0.15, 0.2) is 77.8 Å². The molecule has 0 aromatic heterocycles. The Bertz CT molecular complexity index is 1540. The molecule has 4 rings (SSSR count). The molecular formula is C28H28N4O6S. The molecule has 3 aromatic rings. The van der Waals surface area contributed by atoms with Gasteiger partial charge in [-0.3, -0.25) is 14.6 Å². The topological polar surface area (TPSA) is 134 Å². The number of esters is 1. The van der Waals surface area contributed by atoms with Crippen molar-refractivity contribution in [1.82, 2.24) is 4.72 Å². The zero-order chi connectivity index (χ0) is 28.2. The molecule has 1 unspecified atom stereocenters. The number of sulfonamides is 1. The molecule has 202 valence electrons. The van der Waals surface area contributed by atoms with Crippen molar-refractivity contribution in [2.45, 2.75) is 12.8 Å². The van der Waals surface area contributed by atoms with Crippen LogP contribution >= 0.6 is 0 Å². The summed E-state index contributed by atoms with van der Waals surface area (Å²) in [6, 6.07) is 21.1. The fourth-order valence-electron chi connectivity index (χ4n) is 4.13. The van der Waals surface area contributed by atoms with E-state index >= 15 is 0 Å². The number of fused-ring (bicyclic) bond motifs is 1. The Balaban J connectivity index is 1.66. The summed E-state index contributed by atoms with van der Waals surface area (Å²) >= 11 is 0. The molecule has 0 aliphatic carbocycles. The van der Waals surface area contributed by atoms with E-state index in [0.717, 1.165) is 11.8 Å². The SMILES string of the molecule is CCOC(=O)c1ccc2c(c1)NC(=O)C2C(=Nc1ccc(N(C)C(=O)CNS(C)(=O)=O)cc1)c1ccccc1. The average molecular weight is 549 g/mol. The number of likely N-dealkylation sites (N-methyl/N-ethyl adjacent to an activating group) is 1. The summed E-state index contributed by atoms with van der Waals surface area (Å²) in [4.78, 5) is 43.9. The number of amides is 2. The van der Waals surface area contributed by atoms with Crippen LogP contribution in [0.25, 0.3) is 0 Å². The van der Waals surface area contributed by atoms with E-state index in [4.69, 9.17) is 9.73 Å². The maximum absolute atomic E-state index is 13.2. The van der Waals surface area contributed by atoms with Gasteiger partial charge >= 0.3 is 5.97 Å². The maximum Gasteiger partial charge on any atom is 0.338 e. The zero-order valence-corrected chi connectivity index (χ0v) is 22.5. The van der Waals surface area contributed by atoms with E-state index in [1.807, 2.05) is 30.3 Å². The minimum Gasteiger partial charge on any atom is -0.462 e. The summed E-state index contributed by atoms with van der Waals surface area (Å²) in [6.45, 7) is 1.61. The molecule has 0 spiro atoms. The van der Waals surface area contributed by atoms with Gasteiger partial charge in [0.2, 0.25) is 21.8 Å². The lowest BCUT2D eigenvalue weighted by molar-refractivity contribution is -0.117. The molecule has 1 aliphatic heterocycles. The van der Waals surface area contributed by atoms with Crippen molar-refractivity contribution < 1.29 is 27.5 Å². The number of anilines is 2. The van der Waals surface area contributed by atoms with E-state index in [9.17, 15) is 22.8 Å². The summed E-state index contributed by atoms with van der Waals surface area (Å²) in [5.41, 5.74) is 3.93. The van der Waals surface area contributed by atoms with Gasteiger partial charge in [-0.15, -0.1) is 0 Å². The Labute approximate surface area is 226 Å². The fourth-order valence-corrected chi connectivity index (χ4v) is 4.51. The quantitative estimate of drug-likeness (QED) is 0.312. The van der Waals surface area contributed by atoms with E-state index < -0.39 is 27.8 Å². The molecule has 3 aromatic carbocycles. The van der Waals surface area contributed by atoms with Crippen molar-refractivity contribution in [3.05, 3.63) is 89.5 Å². The van der Waals surface area contributed by atoms with Crippen molar-refractivity contribution in [2.75, 3.05) is 36.7 Å². The first-order valence-corrected chi connectivity index (χ1v) is 14.0. The minimum atomic E-state index is -3.50. The van der Waals surface area contributed by atoms with Gasteiger partial charge in [0.1, 0.15) is 5.92 Å². The lowest BCUT2D eigenvalue weighted by atomic mass is 9.90. The number of rotatable bonds is 9. The van der Waals surface area contributed by atoms with Crippen LogP contribution in [0.2, 0.25) is 0 Å². The number of hydrogen-bond acceptors (Lipinski definition) is 7. The van der Waals surface area contributed by atoms with Gasteiger partial charge in [0.25, 0.3) is 0 Å². The van der Waals surface area contributed by atoms with Crippen molar-refractivity contribution in [3.63, 3.8) is 0 Å². The molecule has 0 bridgehead atoms. The summed E-state index contributed by atoms with van der Waals surface area (Å²) in [7, 11) is -1.95. The van der Waals surface area contributed by atoms with Crippen LogP contribution < -0.4 is 14.9 Å². The van der Waals surface area contributed by atoms with E-state index in [0.29, 0.717) is 33.9 Å². The second kappa shape index (κ2) is 11.6. The lowest BCUT2D eigenvalue weighted by Gasteiger charge is -2.18. The highest BCUT2D eigenvalue weighted by Gasteiger charge is 2.36. The smallest absolute Gasteiger partial charge is 0.338 e. The first kappa shape index (κ1) is 27.7. The Hall–Kier alpha value is -4.35. The van der Waals surface area contributed by atoms with E-state index in [1.165, 1.54) is 4.90 Å². The number of carbonyl (C=O) groups is 3. The fraction of sp³-hybridized carbons (Fsp3) is 0.214. The highest BCUT2D eigenvalue weighted by Crippen LogP contribution is 2.37. The first-order valence-electron chi connectivity index (χ1n) is 12.1. The largest absolute Gasteiger partial charge is 0.462 e. The third-order valence-corrected chi connectivity index (χ3v) is 6.75. The van der Waals surface area contributed by atoms with Crippen LogP contribution in [-0.4, -0.2) is 58.4 Å². The molecule has 1 aliphatic rings. The predicted molar refractivity (Wildman–Crippen MR) is 149 cm³/mol. The van der Waals surface area contributed by atoms with Crippen molar-refractivity contribution >= 4 is 50.6 Å². The number of ether oxygens (including phenoxy) is 1. The highest BCUT2D eigenvalue weighted by molar-refractivity contribution is 7.88. The van der Waals surface area contributed by atoms with Crippen LogP contribution in [-0.2, 0) is 24.3 Å². The second-order valence-corrected chi connectivity index (χ2v) is 10.7. The Morgan fingerprint density at radius 1 is 1.03 bits per heavy atom. The molecule has 10 nitrogen and oxygen atoms in total. The summed E-state index contributed by atoms with van der Waals surface area (Å²) < 4.78 is 29.9. The normalized spacial score (nSPS) is 14.9. The number of nitrogens with one attached hydrogen (secondary N) is 2. The van der Waals surface area contributed by atoms with Crippen LogP contribution in [0.4, 0.5) is 17.1 Å². The summed E-state index contributed by atoms with van der Waals surface area (Å²) in [5.74, 6) is -1.88. The van der Waals surface area contributed by atoms with Crippen LogP contribution in [0.5, 0.6) is 0 Å². The first-order chi connectivity index (χ1) is 18.6. The molecule has 1 atom stereocenters. The molecule has 0 saturated carbocycles. The molecule has 39 heavy (non-hydrogen) atoms. The molecule has 0 radical (unpaired) electrons. The number of benzene rings is 3. The Morgan fingerprint density at radius 3 is 2.36 bits per heavy atom. The molecule has 0 saturated heterocycles. The van der Waals surface area contributed by atoms with Crippen LogP contribution in [0, 0.1) is 0 Å². The Morgan fingerprint density at radius 2 is 1.72 bits per heavy atom. The van der Waals surface area contributed by atoms with Crippen molar-refractivity contribution in [1.29, 1.82) is 0 Å². The van der Waals surface area contributed by atoms with Crippen LogP contribution in [0.3, 0.4) is 0 Å². The molecule has 2 amide bonds. The molecule has 0 fully saturated rings. The highest BCUT2D eigenvalue weighted by atomic mass is 32.2. The zero-order valence-electron chi connectivity index (χ0n) is 21.7. The van der Waals surface area contributed by atoms with Gasteiger partial charge in [-0.25, -0.2) is 17.9 Å². The van der Waals surface area contributed by atoms with Crippen molar-refractivity contribution in [3.8, 4) is 0 Å². The maximum atomic E-state index is 13.2. The predicted octanol–water partition coefficient (Wildman–Crippen LogP) is 3.23. The van der Waals surface area contributed by atoms with E-state index in [-0.39, 0.29) is 19.1 Å². The van der Waals surface area contributed by atoms with Gasteiger partial charge in [0.15, 0.2) is 0 Å². The third-order valence-electron chi connectivity index (χ3n) is 6.08. The van der Waals surface area contributed by atoms with Gasteiger partial charge in [0, 0.05) is 18.4 Å². The Kier molecular flexibility index (Phi) is 8.22. The van der Waals surface area contributed by atoms with E-state index in [2.05, 4.69) is 10.0 Å². The van der Waals surface area contributed by atoms with Gasteiger partial charge in [-0.2, -0.15) is 0 Å². The second-order valence-electron chi connectivity index (χ2n) is 8.87. The molecular weight excluding hydrogens is 520 g/mol. The number of carbonyl (C=O) groups excluding carboxylic acids is 3. The lowest BCUT2D eigenvalue weighted by Crippen LogP contribution is -2.37. The number of nitrogens with zero attached hydrogens (tertiary/aromatic N) is 2. The molecule has 11 heteroatoms. The minimum absolute atomic E-state index is 0.246. The van der Waals surface area contributed by atoms with Gasteiger partial charge in [-0.05, 0) is 54.4 Å². The third kappa shape index (κ3) is 6.57. The van der Waals surface area contributed by atoms with Crippen LogP contribution in [0.1, 0.15) is 34.3 Å². The van der Waals surface area contributed by atoms with Gasteiger partial charge < -0.3 is 15.0 Å².